The molecule has 2 aromatic rings. The van der Waals surface area contributed by atoms with Crippen LogP contribution in [0.3, 0.4) is 0 Å². The lowest BCUT2D eigenvalue weighted by Crippen LogP contribution is -2.38. The number of aromatic amines is 1. The van der Waals surface area contributed by atoms with Gasteiger partial charge in [-0.25, -0.2) is 0 Å². The van der Waals surface area contributed by atoms with Gasteiger partial charge in [-0.05, 0) is 44.4 Å². The SMILES string of the molecule is CCNC(=NCCCOc1ccccc1)NCCCc1cn[nH]c1C.I. The molecule has 0 aliphatic heterocycles. The first kappa shape index (κ1) is 22.3. The van der Waals surface area contributed by atoms with Gasteiger partial charge in [0.1, 0.15) is 5.75 Å². The van der Waals surface area contributed by atoms with Gasteiger partial charge in [0.05, 0.1) is 12.8 Å². The third kappa shape index (κ3) is 8.55. The van der Waals surface area contributed by atoms with E-state index in [0.29, 0.717) is 6.61 Å². The highest BCUT2D eigenvalue weighted by Gasteiger charge is 2.01. The Hall–Kier alpha value is -1.77. The zero-order valence-corrected chi connectivity index (χ0v) is 18.0. The molecule has 0 unspecified atom stereocenters. The molecule has 1 aromatic heterocycles. The smallest absolute Gasteiger partial charge is 0.191 e. The van der Waals surface area contributed by atoms with Crippen LogP contribution in [0.25, 0.3) is 0 Å². The molecule has 0 aliphatic rings. The molecule has 3 N–H and O–H groups in total. The Bertz CT molecular complexity index is 630. The van der Waals surface area contributed by atoms with Crippen LogP contribution < -0.4 is 15.4 Å². The fraction of sp³-hybridized carbons (Fsp3) is 0.474. The number of rotatable bonds is 10. The van der Waals surface area contributed by atoms with Gasteiger partial charge in [-0.2, -0.15) is 5.10 Å². The molecule has 2 rings (SSSR count). The number of H-pyrrole nitrogens is 1. The lowest BCUT2D eigenvalue weighted by atomic mass is 10.1. The molecule has 0 saturated heterocycles. The van der Waals surface area contributed by atoms with Crippen LogP contribution in [-0.2, 0) is 6.42 Å². The maximum absolute atomic E-state index is 5.68. The zero-order chi connectivity index (χ0) is 17.7. The average Bonchev–Trinajstić information content (AvgIpc) is 3.04. The Morgan fingerprint density at radius 1 is 1.19 bits per heavy atom. The second-order valence-electron chi connectivity index (χ2n) is 5.83. The highest BCUT2D eigenvalue weighted by atomic mass is 127. The van der Waals surface area contributed by atoms with Crippen molar-refractivity contribution in [1.82, 2.24) is 20.8 Å². The number of aromatic nitrogens is 2. The van der Waals surface area contributed by atoms with Crippen LogP contribution in [0, 0.1) is 6.92 Å². The van der Waals surface area contributed by atoms with Gasteiger partial charge in [-0.15, -0.1) is 24.0 Å². The molecule has 0 spiro atoms. The number of para-hydroxylation sites is 1. The molecule has 0 aliphatic carbocycles. The van der Waals surface area contributed by atoms with Crippen LogP contribution in [-0.4, -0.2) is 42.4 Å². The van der Waals surface area contributed by atoms with E-state index in [0.717, 1.165) is 56.3 Å². The van der Waals surface area contributed by atoms with Gasteiger partial charge in [0.15, 0.2) is 5.96 Å². The highest BCUT2D eigenvalue weighted by molar-refractivity contribution is 14.0. The normalized spacial score (nSPS) is 10.9. The van der Waals surface area contributed by atoms with E-state index in [1.165, 1.54) is 5.56 Å². The van der Waals surface area contributed by atoms with Crippen molar-refractivity contribution < 1.29 is 4.74 Å². The van der Waals surface area contributed by atoms with Gasteiger partial charge >= 0.3 is 0 Å². The Kier molecular flexibility index (Phi) is 11.5. The van der Waals surface area contributed by atoms with Crippen molar-refractivity contribution in [3.63, 3.8) is 0 Å². The Morgan fingerprint density at radius 2 is 2.00 bits per heavy atom. The van der Waals surface area contributed by atoms with Crippen LogP contribution >= 0.6 is 24.0 Å². The summed E-state index contributed by atoms with van der Waals surface area (Å²) in [6, 6.07) is 9.88. The van der Waals surface area contributed by atoms with Gasteiger partial charge in [0.2, 0.25) is 0 Å². The fourth-order valence-corrected chi connectivity index (χ4v) is 2.42. The molecule has 6 nitrogen and oxygen atoms in total. The number of aryl methyl sites for hydroxylation is 2. The van der Waals surface area contributed by atoms with Gasteiger partial charge in [-0.1, -0.05) is 18.2 Å². The molecular formula is C19H30IN5O. The molecule has 0 radical (unpaired) electrons. The largest absolute Gasteiger partial charge is 0.494 e. The Labute approximate surface area is 173 Å². The van der Waals surface area contributed by atoms with Crippen LogP contribution in [0.4, 0.5) is 0 Å². The molecule has 0 bridgehead atoms. The number of nitrogens with one attached hydrogen (secondary N) is 3. The third-order valence-electron chi connectivity index (χ3n) is 3.78. The van der Waals surface area contributed by atoms with E-state index >= 15 is 0 Å². The number of hydrogen-bond donors (Lipinski definition) is 3. The van der Waals surface area contributed by atoms with E-state index in [4.69, 9.17) is 4.74 Å². The topological polar surface area (TPSA) is 74.3 Å². The first-order chi connectivity index (χ1) is 12.3. The quantitative estimate of drug-likeness (QED) is 0.215. The minimum atomic E-state index is 0. The van der Waals surface area contributed by atoms with Crippen LogP contribution in [0.5, 0.6) is 5.75 Å². The zero-order valence-electron chi connectivity index (χ0n) is 15.6. The molecule has 26 heavy (non-hydrogen) atoms. The van der Waals surface area contributed by atoms with E-state index in [-0.39, 0.29) is 24.0 Å². The maximum Gasteiger partial charge on any atom is 0.191 e. The Morgan fingerprint density at radius 3 is 2.69 bits per heavy atom. The monoisotopic (exact) mass is 471 g/mol. The second kappa shape index (κ2) is 13.4. The van der Waals surface area contributed by atoms with E-state index in [9.17, 15) is 0 Å². The molecule has 144 valence electrons. The van der Waals surface area contributed by atoms with Gasteiger partial charge in [0.25, 0.3) is 0 Å². The predicted molar refractivity (Wildman–Crippen MR) is 118 cm³/mol. The van der Waals surface area contributed by atoms with E-state index in [1.54, 1.807) is 0 Å². The summed E-state index contributed by atoms with van der Waals surface area (Å²) in [6.07, 6.45) is 4.85. The third-order valence-corrected chi connectivity index (χ3v) is 3.78. The van der Waals surface area contributed by atoms with Crippen molar-refractivity contribution in [3.05, 3.63) is 47.8 Å². The number of nitrogens with zero attached hydrogens (tertiary/aromatic N) is 2. The second-order valence-corrected chi connectivity index (χ2v) is 5.83. The fourth-order valence-electron chi connectivity index (χ4n) is 2.42. The number of guanidine groups is 1. The van der Waals surface area contributed by atoms with E-state index in [2.05, 4.69) is 39.7 Å². The summed E-state index contributed by atoms with van der Waals surface area (Å²) in [6.45, 7) is 7.28. The summed E-state index contributed by atoms with van der Waals surface area (Å²) < 4.78 is 5.68. The molecule has 1 heterocycles. The standard InChI is InChI=1S/C19H29N5O.HI/c1-3-20-19(21-12-7-9-17-15-23-24-16(17)2)22-13-8-14-25-18-10-5-4-6-11-18;/h4-6,10-11,15H,3,7-9,12-14H2,1-2H3,(H,23,24)(H2,20,21,22);1H. The van der Waals surface area contributed by atoms with Crippen LogP contribution in [0.15, 0.2) is 41.5 Å². The summed E-state index contributed by atoms with van der Waals surface area (Å²) in [5, 5.41) is 13.7. The summed E-state index contributed by atoms with van der Waals surface area (Å²) in [7, 11) is 0. The van der Waals surface area contributed by atoms with Crippen LogP contribution in [0.2, 0.25) is 0 Å². The number of hydrogen-bond acceptors (Lipinski definition) is 3. The summed E-state index contributed by atoms with van der Waals surface area (Å²) >= 11 is 0. The molecule has 7 heteroatoms. The minimum absolute atomic E-state index is 0. The number of benzene rings is 1. The molecule has 0 saturated carbocycles. The van der Waals surface area contributed by atoms with Crippen molar-refractivity contribution in [2.24, 2.45) is 4.99 Å². The Balaban J connectivity index is 0.00000338. The lowest BCUT2D eigenvalue weighted by molar-refractivity contribution is 0.313. The van der Waals surface area contributed by atoms with Crippen molar-refractivity contribution in [1.29, 1.82) is 0 Å². The maximum atomic E-state index is 5.68. The summed E-state index contributed by atoms with van der Waals surface area (Å²) in [4.78, 5) is 4.59. The van der Waals surface area contributed by atoms with Crippen LogP contribution in [0.1, 0.15) is 31.0 Å². The highest BCUT2D eigenvalue weighted by Crippen LogP contribution is 2.08. The van der Waals surface area contributed by atoms with Crippen molar-refractivity contribution in [2.75, 3.05) is 26.2 Å². The van der Waals surface area contributed by atoms with Gasteiger partial charge in [0, 0.05) is 31.7 Å². The number of aliphatic imine (C=N–C) groups is 1. The molecule has 1 aromatic carbocycles. The molecule has 0 atom stereocenters. The first-order valence-electron chi connectivity index (χ1n) is 8.98. The summed E-state index contributed by atoms with van der Waals surface area (Å²) in [5.74, 6) is 1.78. The minimum Gasteiger partial charge on any atom is -0.494 e. The summed E-state index contributed by atoms with van der Waals surface area (Å²) in [5.41, 5.74) is 2.43. The number of ether oxygens (including phenoxy) is 1. The molecule has 0 amide bonds. The number of halogens is 1. The molecular weight excluding hydrogens is 441 g/mol. The van der Waals surface area contributed by atoms with Crippen molar-refractivity contribution in [3.8, 4) is 5.75 Å². The van der Waals surface area contributed by atoms with Gasteiger partial charge in [-0.3, -0.25) is 10.1 Å². The van der Waals surface area contributed by atoms with Crippen molar-refractivity contribution in [2.45, 2.75) is 33.1 Å². The molecule has 0 fully saturated rings. The lowest BCUT2D eigenvalue weighted by Gasteiger charge is -2.11. The van der Waals surface area contributed by atoms with Gasteiger partial charge < -0.3 is 15.4 Å². The average molecular weight is 471 g/mol. The predicted octanol–water partition coefficient (Wildman–Crippen LogP) is 3.29. The van der Waals surface area contributed by atoms with E-state index < -0.39 is 0 Å². The first-order valence-corrected chi connectivity index (χ1v) is 8.98. The van der Waals surface area contributed by atoms with E-state index in [1.807, 2.05) is 36.5 Å². The van der Waals surface area contributed by atoms with Crippen molar-refractivity contribution >= 4 is 29.9 Å².